The van der Waals surface area contributed by atoms with Crippen LogP contribution in [0.4, 0.5) is 13.2 Å². The Balaban J connectivity index is 3.24. The Morgan fingerprint density at radius 3 is 2.57 bits per heavy atom. The number of alkyl halides is 3. The van der Waals surface area contributed by atoms with Crippen LogP contribution in [0.5, 0.6) is 0 Å². The first-order valence-corrected chi connectivity index (χ1v) is 5.86. The molecule has 0 amide bonds. The third-order valence-corrected chi connectivity index (χ3v) is 2.83. The SMILES string of the molecule is C=C([NH3+])[C@H](C#N)C(=O)Cn1cc(C(F)(F)F)cc(Cl)c1=O. The van der Waals surface area contributed by atoms with Gasteiger partial charge in [-0.15, -0.1) is 0 Å². The molecule has 21 heavy (non-hydrogen) atoms. The molecule has 1 heterocycles. The first-order chi connectivity index (χ1) is 9.57. The predicted octanol–water partition coefficient (Wildman–Crippen LogP) is 0.985. The molecule has 0 aliphatic carbocycles. The Labute approximate surface area is 122 Å². The first-order valence-electron chi connectivity index (χ1n) is 5.48. The van der Waals surface area contributed by atoms with E-state index in [1.807, 2.05) is 0 Å². The van der Waals surface area contributed by atoms with Crippen LogP contribution in [-0.4, -0.2) is 10.4 Å². The lowest BCUT2D eigenvalue weighted by atomic mass is 10.0. The minimum Gasteiger partial charge on any atom is -0.328 e. The standard InChI is InChI=1S/C12H9ClF3N3O2/c1-6(18)8(3-17)10(20)5-19-4-7(12(14,15)16)2-9(13)11(19)21/h2,4,8H,1,5,18H2/p+1/t8-/m0/s1. The summed E-state index contributed by atoms with van der Waals surface area (Å²) in [5.74, 6) is -2.10. The molecule has 1 rings (SSSR count). The molecule has 1 atom stereocenters. The lowest BCUT2D eigenvalue weighted by Gasteiger charge is -2.12. The van der Waals surface area contributed by atoms with Gasteiger partial charge in [0.25, 0.3) is 5.56 Å². The van der Waals surface area contributed by atoms with Crippen molar-refractivity contribution >= 4 is 17.4 Å². The van der Waals surface area contributed by atoms with E-state index in [1.54, 1.807) is 6.07 Å². The number of pyridine rings is 1. The van der Waals surface area contributed by atoms with Crippen LogP contribution in [0.3, 0.4) is 0 Å². The van der Waals surface area contributed by atoms with Gasteiger partial charge >= 0.3 is 6.18 Å². The smallest absolute Gasteiger partial charge is 0.328 e. The molecule has 112 valence electrons. The molecule has 0 aliphatic rings. The number of allylic oxidation sites excluding steroid dienone is 1. The molecule has 1 aromatic rings. The quantitative estimate of drug-likeness (QED) is 0.896. The fourth-order valence-corrected chi connectivity index (χ4v) is 1.75. The van der Waals surface area contributed by atoms with E-state index in [0.29, 0.717) is 16.8 Å². The molecule has 1 aromatic heterocycles. The van der Waals surface area contributed by atoms with Crippen LogP contribution < -0.4 is 11.3 Å². The minimum absolute atomic E-state index is 0.00591. The van der Waals surface area contributed by atoms with Crippen molar-refractivity contribution in [2.24, 2.45) is 5.92 Å². The number of aromatic nitrogens is 1. The molecule has 0 bridgehead atoms. The summed E-state index contributed by atoms with van der Waals surface area (Å²) in [6.45, 7) is 2.61. The normalized spacial score (nSPS) is 12.6. The Morgan fingerprint density at radius 2 is 2.14 bits per heavy atom. The number of ketones is 1. The van der Waals surface area contributed by atoms with E-state index in [0.717, 1.165) is 0 Å². The van der Waals surface area contributed by atoms with E-state index >= 15 is 0 Å². The lowest BCUT2D eigenvalue weighted by molar-refractivity contribution is -0.309. The third kappa shape index (κ3) is 3.93. The maximum atomic E-state index is 12.6. The summed E-state index contributed by atoms with van der Waals surface area (Å²) < 4.78 is 38.4. The van der Waals surface area contributed by atoms with Gasteiger partial charge in [0.2, 0.25) is 0 Å². The number of rotatable bonds is 4. The van der Waals surface area contributed by atoms with Crippen LogP contribution in [0.1, 0.15) is 5.56 Å². The van der Waals surface area contributed by atoms with Crippen LogP contribution in [0.2, 0.25) is 5.02 Å². The summed E-state index contributed by atoms with van der Waals surface area (Å²) in [4.78, 5) is 23.5. The summed E-state index contributed by atoms with van der Waals surface area (Å²) in [6, 6.07) is 2.10. The average molecular weight is 321 g/mol. The van der Waals surface area contributed by atoms with Gasteiger partial charge in [-0.3, -0.25) is 9.59 Å². The van der Waals surface area contributed by atoms with Crippen molar-refractivity contribution in [3.05, 3.63) is 45.5 Å². The summed E-state index contributed by atoms with van der Waals surface area (Å²) >= 11 is 5.44. The topological polar surface area (TPSA) is 90.5 Å². The molecule has 0 saturated carbocycles. The van der Waals surface area contributed by atoms with Gasteiger partial charge < -0.3 is 10.3 Å². The number of nitrogens with zero attached hydrogens (tertiary/aromatic N) is 2. The molecule has 0 spiro atoms. The molecular weight excluding hydrogens is 311 g/mol. The fraction of sp³-hybridized carbons (Fsp3) is 0.250. The molecule has 5 nitrogen and oxygen atoms in total. The molecule has 3 N–H and O–H groups in total. The molecule has 0 aliphatic heterocycles. The van der Waals surface area contributed by atoms with E-state index in [2.05, 4.69) is 12.3 Å². The predicted molar refractivity (Wildman–Crippen MR) is 66.9 cm³/mol. The van der Waals surface area contributed by atoms with E-state index in [1.165, 1.54) is 0 Å². The van der Waals surface area contributed by atoms with Crippen molar-refractivity contribution in [3.63, 3.8) is 0 Å². The number of carbonyl (C=O) groups is 1. The highest BCUT2D eigenvalue weighted by atomic mass is 35.5. The maximum Gasteiger partial charge on any atom is 0.417 e. The number of halogens is 4. The van der Waals surface area contributed by atoms with Gasteiger partial charge in [0, 0.05) is 6.20 Å². The zero-order chi connectivity index (χ0) is 16.4. The van der Waals surface area contributed by atoms with Gasteiger partial charge in [0.05, 0.1) is 18.2 Å². The van der Waals surface area contributed by atoms with Crippen molar-refractivity contribution in [3.8, 4) is 6.07 Å². The van der Waals surface area contributed by atoms with Crippen LogP contribution in [0.25, 0.3) is 0 Å². The number of nitriles is 1. The largest absolute Gasteiger partial charge is 0.417 e. The number of hydrogen-bond acceptors (Lipinski definition) is 3. The Bertz CT molecular complexity index is 688. The van der Waals surface area contributed by atoms with E-state index in [9.17, 15) is 22.8 Å². The van der Waals surface area contributed by atoms with Crippen molar-refractivity contribution in [2.75, 3.05) is 0 Å². The Kier molecular flexibility index (Phi) is 4.93. The van der Waals surface area contributed by atoms with E-state index in [4.69, 9.17) is 16.9 Å². The number of hydrogen-bond donors (Lipinski definition) is 1. The Hall–Kier alpha value is -2.11. The number of Topliss-reactive ketones (excluding diaryl/α,β-unsaturated/α-hetero) is 1. The zero-order valence-corrected chi connectivity index (χ0v) is 11.3. The van der Waals surface area contributed by atoms with Crippen LogP contribution >= 0.6 is 11.6 Å². The molecule has 0 fully saturated rings. The first kappa shape index (κ1) is 16.9. The van der Waals surface area contributed by atoms with Crippen LogP contribution in [-0.2, 0) is 17.5 Å². The highest BCUT2D eigenvalue weighted by Crippen LogP contribution is 2.29. The summed E-state index contributed by atoms with van der Waals surface area (Å²) in [5.41, 5.74) is 1.21. The van der Waals surface area contributed by atoms with Gasteiger partial charge in [-0.1, -0.05) is 11.6 Å². The molecule has 0 radical (unpaired) electrons. The van der Waals surface area contributed by atoms with Crippen molar-refractivity contribution < 1.29 is 23.7 Å². The summed E-state index contributed by atoms with van der Waals surface area (Å²) in [6.07, 6.45) is -4.24. The van der Waals surface area contributed by atoms with Gasteiger partial charge in [0.15, 0.2) is 11.7 Å². The molecule has 0 saturated heterocycles. The summed E-state index contributed by atoms with van der Waals surface area (Å²) in [7, 11) is 0. The molecule has 0 unspecified atom stereocenters. The van der Waals surface area contributed by atoms with Crippen molar-refractivity contribution in [1.82, 2.24) is 4.57 Å². The highest BCUT2D eigenvalue weighted by molar-refractivity contribution is 6.30. The molecular formula is C12H10ClF3N3O2+. The van der Waals surface area contributed by atoms with Gasteiger partial charge in [-0.05, 0) is 12.6 Å². The second-order valence-electron chi connectivity index (χ2n) is 4.19. The number of quaternary nitrogens is 1. The second-order valence-corrected chi connectivity index (χ2v) is 4.60. The van der Waals surface area contributed by atoms with Gasteiger partial charge in [-0.25, -0.2) is 0 Å². The zero-order valence-electron chi connectivity index (χ0n) is 10.6. The second kappa shape index (κ2) is 6.11. The number of carbonyl (C=O) groups excluding carboxylic acids is 1. The lowest BCUT2D eigenvalue weighted by Crippen LogP contribution is -2.51. The fourth-order valence-electron chi connectivity index (χ4n) is 1.52. The molecule has 9 heteroatoms. The van der Waals surface area contributed by atoms with E-state index in [-0.39, 0.29) is 5.70 Å². The van der Waals surface area contributed by atoms with Crippen molar-refractivity contribution in [2.45, 2.75) is 12.7 Å². The van der Waals surface area contributed by atoms with Crippen LogP contribution in [0, 0.1) is 17.2 Å². The van der Waals surface area contributed by atoms with Gasteiger partial charge in [0.1, 0.15) is 10.7 Å². The van der Waals surface area contributed by atoms with Crippen molar-refractivity contribution in [1.29, 1.82) is 5.26 Å². The maximum absolute atomic E-state index is 12.6. The minimum atomic E-state index is -4.72. The Morgan fingerprint density at radius 1 is 1.57 bits per heavy atom. The van der Waals surface area contributed by atoms with E-state index < -0.39 is 40.6 Å². The molecule has 0 aromatic carbocycles. The monoisotopic (exact) mass is 320 g/mol. The van der Waals surface area contributed by atoms with Crippen LogP contribution in [0.15, 0.2) is 29.3 Å². The summed E-state index contributed by atoms with van der Waals surface area (Å²) in [5, 5.41) is 8.12. The van der Waals surface area contributed by atoms with Gasteiger partial charge in [-0.2, -0.15) is 18.4 Å². The highest BCUT2D eigenvalue weighted by Gasteiger charge is 2.32. The third-order valence-electron chi connectivity index (χ3n) is 2.56. The average Bonchev–Trinajstić information content (AvgIpc) is 2.33.